The summed E-state index contributed by atoms with van der Waals surface area (Å²) >= 11 is 0. The molecule has 134 valence electrons. The summed E-state index contributed by atoms with van der Waals surface area (Å²) in [5.74, 6) is 0.143. The summed E-state index contributed by atoms with van der Waals surface area (Å²) in [5, 5.41) is 0. The van der Waals surface area contributed by atoms with Gasteiger partial charge in [-0.05, 0) is 50.0 Å². The Morgan fingerprint density at radius 2 is 1.67 bits per heavy atom. The third-order valence-electron chi connectivity index (χ3n) is 4.68. The number of hydrogen-bond donors (Lipinski definition) is 0. The van der Waals surface area contributed by atoms with Crippen LogP contribution in [0, 0.1) is 0 Å². The quantitative estimate of drug-likeness (QED) is 0.830. The van der Waals surface area contributed by atoms with Gasteiger partial charge in [-0.15, -0.1) is 0 Å². The van der Waals surface area contributed by atoms with E-state index in [1.807, 2.05) is 26.2 Å². The van der Waals surface area contributed by atoms with Crippen molar-refractivity contribution in [3.8, 4) is 0 Å². The van der Waals surface area contributed by atoms with E-state index >= 15 is 0 Å². The van der Waals surface area contributed by atoms with Crippen LogP contribution in [0.5, 0.6) is 0 Å². The summed E-state index contributed by atoms with van der Waals surface area (Å²) < 4.78 is 5.47. The van der Waals surface area contributed by atoms with Crippen LogP contribution < -0.4 is 0 Å². The summed E-state index contributed by atoms with van der Waals surface area (Å²) in [6.07, 6.45) is 1.86. The Balaban J connectivity index is 2.16. The number of carbonyl (C=O) groups is 1. The first-order chi connectivity index (χ1) is 11.3. The van der Waals surface area contributed by atoms with Crippen molar-refractivity contribution in [1.82, 2.24) is 9.80 Å². The molecule has 0 atom stereocenters. The molecule has 1 amide bonds. The van der Waals surface area contributed by atoms with Crippen LogP contribution >= 0.6 is 0 Å². The van der Waals surface area contributed by atoms with Crippen molar-refractivity contribution in [3.05, 3.63) is 35.4 Å². The van der Waals surface area contributed by atoms with Crippen LogP contribution in [0.1, 0.15) is 49.5 Å². The maximum Gasteiger partial charge on any atom is 0.254 e. The predicted octanol–water partition coefficient (Wildman–Crippen LogP) is 3.17. The summed E-state index contributed by atoms with van der Waals surface area (Å²) in [7, 11) is 4.09. The number of amides is 1. The van der Waals surface area contributed by atoms with E-state index in [1.165, 1.54) is 5.56 Å². The van der Waals surface area contributed by atoms with E-state index in [0.717, 1.165) is 44.7 Å². The third-order valence-corrected chi connectivity index (χ3v) is 4.68. The van der Waals surface area contributed by atoms with Crippen LogP contribution in [-0.4, -0.2) is 62.1 Å². The second kappa shape index (κ2) is 8.13. The Kier molecular flexibility index (Phi) is 6.41. The molecular formula is C20H32N2O2. The van der Waals surface area contributed by atoms with E-state index in [9.17, 15) is 4.79 Å². The molecule has 1 fully saturated rings. The molecule has 0 aromatic heterocycles. The summed E-state index contributed by atoms with van der Waals surface area (Å²) in [6, 6.07) is 8.41. The minimum Gasteiger partial charge on any atom is -0.381 e. The van der Waals surface area contributed by atoms with Gasteiger partial charge in [0.25, 0.3) is 5.91 Å². The van der Waals surface area contributed by atoms with Crippen LogP contribution in [-0.2, 0) is 10.2 Å². The molecule has 1 aliphatic heterocycles. The fraction of sp³-hybridized carbons (Fsp3) is 0.650. The molecule has 0 aliphatic carbocycles. The highest BCUT2D eigenvalue weighted by molar-refractivity contribution is 5.94. The van der Waals surface area contributed by atoms with E-state index < -0.39 is 0 Å². The first-order valence-electron chi connectivity index (χ1n) is 8.93. The third kappa shape index (κ3) is 5.05. The largest absolute Gasteiger partial charge is 0.381 e. The second-order valence-electron chi connectivity index (χ2n) is 7.97. The van der Waals surface area contributed by atoms with Crippen molar-refractivity contribution in [2.75, 3.05) is 40.4 Å². The molecule has 0 spiro atoms. The Morgan fingerprint density at radius 1 is 1.08 bits per heavy atom. The minimum atomic E-state index is 0.104. The molecular weight excluding hydrogens is 300 g/mol. The van der Waals surface area contributed by atoms with Crippen molar-refractivity contribution >= 4 is 5.91 Å². The molecule has 1 aromatic rings. The van der Waals surface area contributed by atoms with E-state index in [-0.39, 0.29) is 17.4 Å². The van der Waals surface area contributed by atoms with E-state index in [2.05, 4.69) is 42.7 Å². The highest BCUT2D eigenvalue weighted by Crippen LogP contribution is 2.23. The Bertz CT molecular complexity index is 526. The first kappa shape index (κ1) is 18.9. The van der Waals surface area contributed by atoms with Gasteiger partial charge in [0.05, 0.1) is 0 Å². The highest BCUT2D eigenvalue weighted by atomic mass is 16.5. The van der Waals surface area contributed by atoms with Crippen LogP contribution in [0.25, 0.3) is 0 Å². The summed E-state index contributed by atoms with van der Waals surface area (Å²) in [4.78, 5) is 17.3. The molecule has 0 radical (unpaired) electrons. The van der Waals surface area contributed by atoms with Gasteiger partial charge in [-0.25, -0.2) is 0 Å². The number of likely N-dealkylation sites (N-methyl/N-ethyl adjacent to an activating group) is 1. The minimum absolute atomic E-state index is 0.104. The smallest absolute Gasteiger partial charge is 0.254 e. The van der Waals surface area contributed by atoms with Gasteiger partial charge in [-0.1, -0.05) is 32.9 Å². The average Bonchev–Trinajstić information content (AvgIpc) is 2.55. The van der Waals surface area contributed by atoms with Gasteiger partial charge in [0, 0.05) is 37.9 Å². The van der Waals surface area contributed by atoms with Crippen molar-refractivity contribution in [2.24, 2.45) is 0 Å². The molecule has 4 heteroatoms. The fourth-order valence-electron chi connectivity index (χ4n) is 3.03. The van der Waals surface area contributed by atoms with Gasteiger partial charge < -0.3 is 14.5 Å². The number of rotatable bonds is 5. The first-order valence-corrected chi connectivity index (χ1v) is 8.93. The Morgan fingerprint density at radius 3 is 2.17 bits per heavy atom. The van der Waals surface area contributed by atoms with Gasteiger partial charge in [0.2, 0.25) is 0 Å². The standard InChI is InChI=1S/C20H32N2O2/c1-20(2,3)17-8-6-16(7-9-17)19(23)22(13-12-21(4)5)18-10-14-24-15-11-18/h6-9,18H,10-15H2,1-5H3. The molecule has 0 bridgehead atoms. The lowest BCUT2D eigenvalue weighted by Gasteiger charge is -2.35. The number of ether oxygens (including phenoxy) is 1. The maximum atomic E-state index is 13.1. The zero-order valence-electron chi connectivity index (χ0n) is 15.8. The van der Waals surface area contributed by atoms with Gasteiger partial charge in [-0.3, -0.25) is 4.79 Å². The number of carbonyl (C=O) groups excluding carboxylic acids is 1. The van der Waals surface area contributed by atoms with E-state index in [1.54, 1.807) is 0 Å². The number of nitrogens with zero attached hydrogens (tertiary/aromatic N) is 2. The average molecular weight is 332 g/mol. The van der Waals surface area contributed by atoms with Crippen molar-refractivity contribution in [2.45, 2.75) is 45.1 Å². The number of benzene rings is 1. The van der Waals surface area contributed by atoms with Crippen molar-refractivity contribution in [3.63, 3.8) is 0 Å². The molecule has 1 saturated heterocycles. The lowest BCUT2D eigenvalue weighted by atomic mass is 9.86. The lowest BCUT2D eigenvalue weighted by molar-refractivity contribution is 0.0276. The summed E-state index contributed by atoms with van der Waals surface area (Å²) in [6.45, 7) is 9.71. The van der Waals surface area contributed by atoms with E-state index in [0.29, 0.717) is 0 Å². The molecule has 0 saturated carbocycles. The molecule has 1 aliphatic rings. The summed E-state index contributed by atoms with van der Waals surface area (Å²) in [5.41, 5.74) is 2.14. The Labute approximate surface area is 146 Å². The van der Waals surface area contributed by atoms with Gasteiger partial charge in [0.1, 0.15) is 0 Å². The zero-order chi connectivity index (χ0) is 17.7. The van der Waals surface area contributed by atoms with Gasteiger partial charge >= 0.3 is 0 Å². The normalized spacial score (nSPS) is 16.4. The van der Waals surface area contributed by atoms with Crippen molar-refractivity contribution in [1.29, 1.82) is 0 Å². The predicted molar refractivity (Wildman–Crippen MR) is 98.6 cm³/mol. The molecule has 4 nitrogen and oxygen atoms in total. The van der Waals surface area contributed by atoms with Crippen LogP contribution in [0.15, 0.2) is 24.3 Å². The molecule has 1 heterocycles. The van der Waals surface area contributed by atoms with Crippen molar-refractivity contribution < 1.29 is 9.53 Å². The fourth-order valence-corrected chi connectivity index (χ4v) is 3.03. The second-order valence-corrected chi connectivity index (χ2v) is 7.97. The Hall–Kier alpha value is -1.39. The molecule has 0 N–H and O–H groups in total. The van der Waals surface area contributed by atoms with Crippen LogP contribution in [0.4, 0.5) is 0 Å². The van der Waals surface area contributed by atoms with Gasteiger partial charge in [-0.2, -0.15) is 0 Å². The zero-order valence-corrected chi connectivity index (χ0v) is 15.8. The lowest BCUT2D eigenvalue weighted by Crippen LogP contribution is -2.46. The maximum absolute atomic E-state index is 13.1. The molecule has 2 rings (SSSR count). The van der Waals surface area contributed by atoms with Crippen LogP contribution in [0.2, 0.25) is 0 Å². The highest BCUT2D eigenvalue weighted by Gasteiger charge is 2.26. The van der Waals surface area contributed by atoms with E-state index in [4.69, 9.17) is 4.74 Å². The SMILES string of the molecule is CN(C)CCN(C(=O)c1ccc(C(C)(C)C)cc1)C1CCOCC1. The topological polar surface area (TPSA) is 32.8 Å². The molecule has 1 aromatic carbocycles. The van der Waals surface area contributed by atoms with Gasteiger partial charge in [0.15, 0.2) is 0 Å². The monoisotopic (exact) mass is 332 g/mol. The molecule has 0 unspecified atom stereocenters. The van der Waals surface area contributed by atoms with Crippen LogP contribution in [0.3, 0.4) is 0 Å². The number of hydrogen-bond acceptors (Lipinski definition) is 3. The molecule has 24 heavy (non-hydrogen) atoms.